The molecule has 1 fully saturated rings. The molecule has 2 atom stereocenters. The molecule has 2 unspecified atom stereocenters. The fourth-order valence-electron chi connectivity index (χ4n) is 2.83. The van der Waals surface area contributed by atoms with E-state index in [4.69, 9.17) is 4.74 Å². The summed E-state index contributed by atoms with van der Waals surface area (Å²) in [6.45, 7) is 7.92. The molecular weight excluding hydrogens is 248 g/mol. The lowest BCUT2D eigenvalue weighted by atomic mass is 10.1. The van der Waals surface area contributed by atoms with Gasteiger partial charge in [0.2, 0.25) is 0 Å². The molecule has 1 aromatic rings. The Bertz CT molecular complexity index is 388. The van der Waals surface area contributed by atoms with E-state index in [0.717, 1.165) is 13.2 Å². The summed E-state index contributed by atoms with van der Waals surface area (Å²) in [5.74, 6) is 0. The molecule has 0 aliphatic carbocycles. The van der Waals surface area contributed by atoms with E-state index in [9.17, 15) is 0 Å². The highest BCUT2D eigenvalue weighted by atomic mass is 16.5. The van der Waals surface area contributed by atoms with Crippen molar-refractivity contribution in [3.63, 3.8) is 0 Å². The number of hydrogen-bond acceptors (Lipinski definition) is 3. The van der Waals surface area contributed by atoms with Crippen molar-refractivity contribution in [2.24, 2.45) is 0 Å². The predicted octanol–water partition coefficient (Wildman–Crippen LogP) is 2.84. The van der Waals surface area contributed by atoms with Gasteiger partial charge < -0.3 is 15.4 Å². The van der Waals surface area contributed by atoms with E-state index in [1.807, 2.05) is 6.92 Å². The van der Waals surface area contributed by atoms with Crippen LogP contribution in [-0.2, 0) is 17.9 Å². The number of benzene rings is 1. The summed E-state index contributed by atoms with van der Waals surface area (Å²) in [6, 6.07) is 9.80. The van der Waals surface area contributed by atoms with E-state index in [1.54, 1.807) is 0 Å². The zero-order valence-corrected chi connectivity index (χ0v) is 12.8. The van der Waals surface area contributed by atoms with E-state index in [0.29, 0.717) is 18.7 Å². The van der Waals surface area contributed by atoms with Gasteiger partial charge in [0.15, 0.2) is 0 Å². The van der Waals surface area contributed by atoms with E-state index in [2.05, 4.69) is 41.8 Å². The van der Waals surface area contributed by atoms with Crippen molar-refractivity contribution in [2.45, 2.75) is 58.3 Å². The van der Waals surface area contributed by atoms with Gasteiger partial charge in [-0.05, 0) is 50.8 Å². The first-order valence-electron chi connectivity index (χ1n) is 7.91. The molecule has 1 aliphatic heterocycles. The molecule has 1 aromatic carbocycles. The molecule has 20 heavy (non-hydrogen) atoms. The lowest BCUT2D eigenvalue weighted by Gasteiger charge is -2.19. The van der Waals surface area contributed by atoms with Crippen molar-refractivity contribution in [2.75, 3.05) is 13.2 Å². The van der Waals surface area contributed by atoms with Gasteiger partial charge >= 0.3 is 0 Å². The van der Waals surface area contributed by atoms with Crippen LogP contribution < -0.4 is 10.6 Å². The summed E-state index contributed by atoms with van der Waals surface area (Å²) in [5, 5.41) is 7.21. The normalized spacial score (nSPS) is 20.2. The van der Waals surface area contributed by atoms with E-state index in [1.165, 1.54) is 36.9 Å². The average molecular weight is 276 g/mol. The molecule has 0 spiro atoms. The first-order chi connectivity index (χ1) is 9.79. The standard InChI is InChI=1S/C17H28N2O/c1-3-20-13-16-8-5-4-7-15(16)12-19-14(2)11-17-9-6-10-18-17/h4-5,7-8,14,17-19H,3,6,9-13H2,1-2H3. The Morgan fingerprint density at radius 2 is 2.15 bits per heavy atom. The van der Waals surface area contributed by atoms with Gasteiger partial charge in [-0.3, -0.25) is 0 Å². The number of nitrogens with one attached hydrogen (secondary N) is 2. The van der Waals surface area contributed by atoms with Gasteiger partial charge in [0.25, 0.3) is 0 Å². The highest BCUT2D eigenvalue weighted by molar-refractivity contribution is 5.26. The average Bonchev–Trinajstić information content (AvgIpc) is 2.96. The van der Waals surface area contributed by atoms with Crippen LogP contribution in [0.4, 0.5) is 0 Å². The van der Waals surface area contributed by atoms with Gasteiger partial charge in [0, 0.05) is 25.2 Å². The van der Waals surface area contributed by atoms with Crippen LogP contribution in [0.1, 0.15) is 44.2 Å². The van der Waals surface area contributed by atoms with Crippen LogP contribution in [0.15, 0.2) is 24.3 Å². The van der Waals surface area contributed by atoms with Crippen molar-refractivity contribution in [1.29, 1.82) is 0 Å². The number of hydrogen-bond donors (Lipinski definition) is 2. The van der Waals surface area contributed by atoms with Crippen molar-refractivity contribution in [1.82, 2.24) is 10.6 Å². The zero-order valence-electron chi connectivity index (χ0n) is 12.8. The quantitative estimate of drug-likeness (QED) is 0.766. The summed E-state index contributed by atoms with van der Waals surface area (Å²) in [7, 11) is 0. The Morgan fingerprint density at radius 1 is 1.35 bits per heavy atom. The predicted molar refractivity (Wildman–Crippen MR) is 83.7 cm³/mol. The molecule has 0 aromatic heterocycles. The highest BCUT2D eigenvalue weighted by Crippen LogP contribution is 2.13. The molecule has 3 nitrogen and oxygen atoms in total. The maximum atomic E-state index is 5.54. The van der Waals surface area contributed by atoms with E-state index in [-0.39, 0.29) is 0 Å². The molecule has 0 saturated carbocycles. The van der Waals surface area contributed by atoms with Crippen molar-refractivity contribution >= 4 is 0 Å². The summed E-state index contributed by atoms with van der Waals surface area (Å²) < 4.78 is 5.54. The second kappa shape index (κ2) is 8.40. The minimum absolute atomic E-state index is 0.547. The third kappa shape index (κ3) is 4.89. The van der Waals surface area contributed by atoms with Crippen LogP contribution in [0.25, 0.3) is 0 Å². The van der Waals surface area contributed by atoms with Gasteiger partial charge in [0.1, 0.15) is 0 Å². The molecule has 1 heterocycles. The Balaban J connectivity index is 1.80. The first kappa shape index (κ1) is 15.5. The fourth-order valence-corrected chi connectivity index (χ4v) is 2.83. The molecule has 112 valence electrons. The third-order valence-electron chi connectivity index (χ3n) is 4.02. The molecule has 0 amide bonds. The molecule has 1 aliphatic rings. The van der Waals surface area contributed by atoms with Gasteiger partial charge in [0.05, 0.1) is 6.61 Å². The lowest BCUT2D eigenvalue weighted by molar-refractivity contribution is 0.133. The summed E-state index contributed by atoms with van der Waals surface area (Å²) in [5.41, 5.74) is 2.65. The van der Waals surface area contributed by atoms with Gasteiger partial charge in [-0.1, -0.05) is 24.3 Å². The molecule has 3 heteroatoms. The van der Waals surface area contributed by atoms with Gasteiger partial charge in [-0.25, -0.2) is 0 Å². The molecule has 1 saturated heterocycles. The monoisotopic (exact) mass is 276 g/mol. The molecule has 2 N–H and O–H groups in total. The number of ether oxygens (including phenoxy) is 1. The second-order valence-corrected chi connectivity index (χ2v) is 5.72. The van der Waals surface area contributed by atoms with Gasteiger partial charge in [-0.15, -0.1) is 0 Å². The molecule has 0 bridgehead atoms. The van der Waals surface area contributed by atoms with E-state index >= 15 is 0 Å². The topological polar surface area (TPSA) is 33.3 Å². The Hall–Kier alpha value is -0.900. The highest BCUT2D eigenvalue weighted by Gasteiger charge is 2.16. The van der Waals surface area contributed by atoms with Crippen molar-refractivity contribution < 1.29 is 4.74 Å². The zero-order chi connectivity index (χ0) is 14.2. The van der Waals surface area contributed by atoms with Crippen LogP contribution in [-0.4, -0.2) is 25.2 Å². The summed E-state index contributed by atoms with van der Waals surface area (Å²) in [6.07, 6.45) is 3.87. The van der Waals surface area contributed by atoms with Crippen LogP contribution in [0.3, 0.4) is 0 Å². The minimum Gasteiger partial charge on any atom is -0.377 e. The largest absolute Gasteiger partial charge is 0.377 e. The Kier molecular flexibility index (Phi) is 6.51. The lowest BCUT2D eigenvalue weighted by Crippen LogP contribution is -2.33. The maximum absolute atomic E-state index is 5.54. The molecular formula is C17H28N2O. The van der Waals surface area contributed by atoms with Crippen molar-refractivity contribution in [3.8, 4) is 0 Å². The van der Waals surface area contributed by atoms with Crippen LogP contribution in [0.5, 0.6) is 0 Å². The SMILES string of the molecule is CCOCc1ccccc1CNC(C)CC1CCCN1. The fraction of sp³-hybridized carbons (Fsp3) is 0.647. The second-order valence-electron chi connectivity index (χ2n) is 5.72. The molecule has 2 rings (SSSR count). The Morgan fingerprint density at radius 3 is 2.85 bits per heavy atom. The summed E-state index contributed by atoms with van der Waals surface area (Å²) >= 11 is 0. The first-order valence-corrected chi connectivity index (χ1v) is 7.91. The summed E-state index contributed by atoms with van der Waals surface area (Å²) in [4.78, 5) is 0. The van der Waals surface area contributed by atoms with Crippen LogP contribution >= 0.6 is 0 Å². The smallest absolute Gasteiger partial charge is 0.0719 e. The van der Waals surface area contributed by atoms with Crippen LogP contribution in [0, 0.1) is 0 Å². The van der Waals surface area contributed by atoms with Crippen molar-refractivity contribution in [3.05, 3.63) is 35.4 Å². The number of rotatable bonds is 8. The maximum Gasteiger partial charge on any atom is 0.0719 e. The third-order valence-corrected chi connectivity index (χ3v) is 4.02. The van der Waals surface area contributed by atoms with Gasteiger partial charge in [-0.2, -0.15) is 0 Å². The minimum atomic E-state index is 0.547. The molecule has 0 radical (unpaired) electrons. The van der Waals surface area contributed by atoms with E-state index < -0.39 is 0 Å². The Labute approximate surface area is 123 Å². The van der Waals surface area contributed by atoms with Crippen LogP contribution in [0.2, 0.25) is 0 Å².